The number of carbonyl (C=O) groups is 1. The average Bonchev–Trinajstić information content (AvgIpc) is 3.04. The fraction of sp³-hybridized carbons (Fsp3) is 0.529. The second-order valence-corrected chi connectivity index (χ2v) is 7.96. The molecule has 2 aromatic rings. The van der Waals surface area contributed by atoms with E-state index >= 15 is 0 Å². The topological polar surface area (TPSA) is 50.2 Å². The van der Waals surface area contributed by atoms with Crippen molar-refractivity contribution in [1.82, 2.24) is 19.8 Å². The molecule has 3 heterocycles. The highest BCUT2D eigenvalue weighted by Gasteiger charge is 2.34. The number of hydrogen-bond donors (Lipinski definition) is 1. The molecular weight excluding hydrogens is 308 g/mol. The highest BCUT2D eigenvalue weighted by atomic mass is 32.1. The summed E-state index contributed by atoms with van der Waals surface area (Å²) in [6.45, 7) is 8.54. The summed E-state index contributed by atoms with van der Waals surface area (Å²) in [5, 5.41) is 3.05. The van der Waals surface area contributed by atoms with Crippen LogP contribution in [0.15, 0.2) is 18.5 Å². The van der Waals surface area contributed by atoms with Crippen LogP contribution in [-0.2, 0) is 24.9 Å². The molecule has 0 saturated heterocycles. The minimum absolute atomic E-state index is 0.0944. The van der Waals surface area contributed by atoms with Crippen LogP contribution < -0.4 is 5.32 Å². The van der Waals surface area contributed by atoms with Gasteiger partial charge in [-0.25, -0.2) is 4.98 Å². The summed E-state index contributed by atoms with van der Waals surface area (Å²) in [6.07, 6.45) is 1.82. The highest BCUT2D eigenvalue weighted by molar-refractivity contribution is 7.11. The van der Waals surface area contributed by atoms with Gasteiger partial charge in [0.2, 0.25) is 5.91 Å². The molecule has 0 radical (unpaired) electrons. The molecule has 1 aliphatic rings. The van der Waals surface area contributed by atoms with Crippen LogP contribution in [0.3, 0.4) is 0 Å². The number of thiophene rings is 1. The zero-order chi connectivity index (χ0) is 16.6. The maximum atomic E-state index is 12.6. The highest BCUT2D eigenvalue weighted by Crippen LogP contribution is 2.29. The van der Waals surface area contributed by atoms with Crippen LogP contribution in [0.25, 0.3) is 0 Å². The second-order valence-electron chi connectivity index (χ2n) is 6.59. The van der Waals surface area contributed by atoms with Gasteiger partial charge in [-0.2, -0.15) is 0 Å². The molecular formula is C17H24N4OS. The lowest BCUT2D eigenvalue weighted by Gasteiger charge is -2.32. The fourth-order valence-corrected chi connectivity index (χ4v) is 4.11. The largest absolute Gasteiger partial charge is 0.353 e. The summed E-state index contributed by atoms with van der Waals surface area (Å²) in [5.41, 5.74) is 2.08. The first kappa shape index (κ1) is 16.2. The SMILES string of the molecule is Cc1ccc(CN2Cc3ncn(C)c3C(C(=O)NC(C)C)C2)s1. The number of nitrogens with zero attached hydrogens (tertiary/aromatic N) is 3. The summed E-state index contributed by atoms with van der Waals surface area (Å²) in [6, 6.07) is 4.48. The van der Waals surface area contributed by atoms with Gasteiger partial charge in [0.05, 0.1) is 23.6 Å². The maximum absolute atomic E-state index is 12.6. The third kappa shape index (κ3) is 3.48. The Morgan fingerprint density at radius 3 is 2.91 bits per heavy atom. The lowest BCUT2D eigenvalue weighted by Crippen LogP contribution is -2.43. The van der Waals surface area contributed by atoms with Crippen LogP contribution in [0.5, 0.6) is 0 Å². The Morgan fingerprint density at radius 1 is 1.48 bits per heavy atom. The molecule has 6 heteroatoms. The normalized spacial score (nSPS) is 18.2. The van der Waals surface area contributed by atoms with Gasteiger partial charge in [-0.15, -0.1) is 11.3 Å². The van der Waals surface area contributed by atoms with Gasteiger partial charge in [-0.3, -0.25) is 9.69 Å². The summed E-state index contributed by atoms with van der Waals surface area (Å²) < 4.78 is 1.99. The van der Waals surface area contributed by atoms with Gasteiger partial charge >= 0.3 is 0 Å². The van der Waals surface area contributed by atoms with Crippen molar-refractivity contribution in [2.24, 2.45) is 7.05 Å². The van der Waals surface area contributed by atoms with Gasteiger partial charge in [0, 0.05) is 42.5 Å². The number of aryl methyl sites for hydroxylation is 2. The van der Waals surface area contributed by atoms with E-state index in [4.69, 9.17) is 0 Å². The number of aromatic nitrogens is 2. The molecule has 0 bridgehead atoms. The number of carbonyl (C=O) groups excluding carboxylic acids is 1. The predicted octanol–water partition coefficient (Wildman–Crippen LogP) is 2.41. The molecule has 23 heavy (non-hydrogen) atoms. The Morgan fingerprint density at radius 2 is 2.26 bits per heavy atom. The summed E-state index contributed by atoms with van der Waals surface area (Å²) in [7, 11) is 1.97. The standard InChI is InChI=1S/C17H24N4OS/c1-11(2)19-17(22)14-8-21(7-13-6-5-12(3)23-13)9-15-16(14)20(4)10-18-15/h5-6,10-11,14H,7-9H2,1-4H3,(H,19,22). The lowest BCUT2D eigenvalue weighted by atomic mass is 9.96. The molecule has 0 aliphatic carbocycles. The number of fused-ring (bicyclic) bond motifs is 1. The molecule has 0 aromatic carbocycles. The molecule has 2 aromatic heterocycles. The smallest absolute Gasteiger partial charge is 0.230 e. The molecule has 3 rings (SSSR count). The lowest BCUT2D eigenvalue weighted by molar-refractivity contribution is -0.124. The predicted molar refractivity (Wildman–Crippen MR) is 92.4 cm³/mol. The molecule has 5 nitrogen and oxygen atoms in total. The Labute approximate surface area is 141 Å². The van der Waals surface area contributed by atoms with E-state index in [0.717, 1.165) is 31.0 Å². The molecule has 124 valence electrons. The first-order valence-electron chi connectivity index (χ1n) is 8.02. The maximum Gasteiger partial charge on any atom is 0.230 e. The fourth-order valence-electron chi connectivity index (χ4n) is 3.18. The van der Waals surface area contributed by atoms with Crippen LogP contribution in [-0.4, -0.2) is 32.9 Å². The Balaban J connectivity index is 1.83. The molecule has 1 amide bonds. The summed E-state index contributed by atoms with van der Waals surface area (Å²) in [4.78, 5) is 22.1. The number of imidazole rings is 1. The van der Waals surface area contributed by atoms with E-state index in [2.05, 4.69) is 34.3 Å². The van der Waals surface area contributed by atoms with E-state index in [1.807, 2.05) is 43.1 Å². The number of nitrogens with one attached hydrogen (secondary N) is 1. The van der Waals surface area contributed by atoms with Crippen LogP contribution >= 0.6 is 11.3 Å². The first-order chi connectivity index (χ1) is 10.9. The van der Waals surface area contributed by atoms with E-state index in [9.17, 15) is 4.79 Å². The quantitative estimate of drug-likeness (QED) is 0.935. The zero-order valence-electron chi connectivity index (χ0n) is 14.2. The van der Waals surface area contributed by atoms with Crippen LogP contribution in [0.1, 0.15) is 40.9 Å². The third-order valence-corrected chi connectivity index (χ3v) is 5.11. The number of hydrogen-bond acceptors (Lipinski definition) is 4. The van der Waals surface area contributed by atoms with Gasteiger partial charge in [-0.05, 0) is 32.9 Å². The molecule has 0 spiro atoms. The molecule has 1 aliphatic heterocycles. The van der Waals surface area contributed by atoms with Crippen molar-refractivity contribution in [2.45, 2.75) is 45.8 Å². The van der Waals surface area contributed by atoms with Crippen molar-refractivity contribution in [3.8, 4) is 0 Å². The van der Waals surface area contributed by atoms with E-state index in [-0.39, 0.29) is 17.9 Å². The number of amides is 1. The molecule has 1 N–H and O–H groups in total. The molecule has 0 saturated carbocycles. The Hall–Kier alpha value is -1.66. The Bertz CT molecular complexity index is 703. The minimum atomic E-state index is -0.158. The van der Waals surface area contributed by atoms with Gasteiger partial charge in [0.1, 0.15) is 0 Å². The molecule has 1 atom stereocenters. The van der Waals surface area contributed by atoms with E-state index in [0.29, 0.717) is 0 Å². The monoisotopic (exact) mass is 332 g/mol. The van der Waals surface area contributed by atoms with Gasteiger partial charge in [0.25, 0.3) is 0 Å². The average molecular weight is 332 g/mol. The van der Waals surface area contributed by atoms with Crippen LogP contribution in [0.2, 0.25) is 0 Å². The van der Waals surface area contributed by atoms with Gasteiger partial charge < -0.3 is 9.88 Å². The van der Waals surface area contributed by atoms with Crippen molar-refractivity contribution in [3.63, 3.8) is 0 Å². The summed E-state index contributed by atoms with van der Waals surface area (Å²) in [5.74, 6) is -0.0633. The second kappa shape index (κ2) is 6.45. The number of rotatable bonds is 4. The van der Waals surface area contributed by atoms with Crippen molar-refractivity contribution in [1.29, 1.82) is 0 Å². The van der Waals surface area contributed by atoms with Crippen LogP contribution in [0.4, 0.5) is 0 Å². The van der Waals surface area contributed by atoms with Gasteiger partial charge in [0.15, 0.2) is 0 Å². The van der Waals surface area contributed by atoms with E-state index < -0.39 is 0 Å². The first-order valence-corrected chi connectivity index (χ1v) is 8.84. The van der Waals surface area contributed by atoms with Crippen LogP contribution in [0, 0.1) is 6.92 Å². The van der Waals surface area contributed by atoms with Gasteiger partial charge in [-0.1, -0.05) is 0 Å². The molecule has 1 unspecified atom stereocenters. The summed E-state index contributed by atoms with van der Waals surface area (Å²) >= 11 is 1.82. The van der Waals surface area contributed by atoms with Crippen molar-refractivity contribution < 1.29 is 4.79 Å². The van der Waals surface area contributed by atoms with E-state index in [1.165, 1.54) is 9.75 Å². The third-order valence-electron chi connectivity index (χ3n) is 4.13. The Kier molecular flexibility index (Phi) is 4.55. The van der Waals surface area contributed by atoms with Crippen molar-refractivity contribution >= 4 is 17.2 Å². The van der Waals surface area contributed by atoms with E-state index in [1.54, 1.807) is 0 Å². The molecule has 0 fully saturated rings. The zero-order valence-corrected chi connectivity index (χ0v) is 15.0. The minimum Gasteiger partial charge on any atom is -0.353 e. The van der Waals surface area contributed by atoms with Crippen molar-refractivity contribution in [3.05, 3.63) is 39.6 Å². The van der Waals surface area contributed by atoms with Crippen molar-refractivity contribution in [2.75, 3.05) is 6.54 Å².